The van der Waals surface area contributed by atoms with Crippen molar-refractivity contribution in [1.82, 2.24) is 5.32 Å². The van der Waals surface area contributed by atoms with E-state index in [4.69, 9.17) is 5.73 Å². The van der Waals surface area contributed by atoms with E-state index >= 15 is 0 Å². The average molecular weight is 315 g/mol. The van der Waals surface area contributed by atoms with Gasteiger partial charge in [-0.25, -0.2) is 4.99 Å². The van der Waals surface area contributed by atoms with Gasteiger partial charge in [-0.15, -0.1) is 13.2 Å². The SMILES string of the molecule is CCCC1CC1NC(N)=NCc1ccc(OC(F)(F)F)cc1. The number of hydrogen-bond acceptors (Lipinski definition) is 2. The Morgan fingerprint density at radius 2 is 2.05 bits per heavy atom. The summed E-state index contributed by atoms with van der Waals surface area (Å²) in [6.07, 6.45) is -1.21. The van der Waals surface area contributed by atoms with Gasteiger partial charge >= 0.3 is 6.36 Å². The fourth-order valence-corrected chi connectivity index (χ4v) is 2.32. The Labute approximate surface area is 127 Å². The van der Waals surface area contributed by atoms with Gasteiger partial charge in [-0.05, 0) is 36.5 Å². The third-order valence-corrected chi connectivity index (χ3v) is 3.50. The van der Waals surface area contributed by atoms with Gasteiger partial charge in [0.25, 0.3) is 0 Å². The first-order valence-electron chi connectivity index (χ1n) is 7.28. The van der Waals surface area contributed by atoms with Crippen molar-refractivity contribution in [2.45, 2.75) is 45.1 Å². The van der Waals surface area contributed by atoms with Crippen LogP contribution in [0.3, 0.4) is 0 Å². The molecule has 2 unspecified atom stereocenters. The monoisotopic (exact) mass is 315 g/mol. The molecule has 7 heteroatoms. The van der Waals surface area contributed by atoms with Crippen molar-refractivity contribution in [3.63, 3.8) is 0 Å². The molecule has 2 rings (SSSR count). The van der Waals surface area contributed by atoms with E-state index in [2.05, 4.69) is 22.0 Å². The van der Waals surface area contributed by atoms with Crippen LogP contribution in [0.2, 0.25) is 0 Å². The second kappa shape index (κ2) is 6.89. The Balaban J connectivity index is 1.79. The highest BCUT2D eigenvalue weighted by molar-refractivity contribution is 5.78. The Hall–Kier alpha value is -1.92. The second-order valence-corrected chi connectivity index (χ2v) is 5.43. The number of nitrogens with one attached hydrogen (secondary N) is 1. The minimum atomic E-state index is -4.67. The summed E-state index contributed by atoms with van der Waals surface area (Å²) in [5.41, 5.74) is 6.56. The summed E-state index contributed by atoms with van der Waals surface area (Å²) in [7, 11) is 0. The molecule has 0 spiro atoms. The van der Waals surface area contributed by atoms with Crippen LogP contribution in [0.1, 0.15) is 31.7 Å². The van der Waals surface area contributed by atoms with Gasteiger partial charge in [-0.3, -0.25) is 0 Å². The van der Waals surface area contributed by atoms with Crippen molar-refractivity contribution in [2.75, 3.05) is 0 Å². The van der Waals surface area contributed by atoms with Crippen LogP contribution < -0.4 is 15.8 Å². The van der Waals surface area contributed by atoms with Crippen molar-refractivity contribution in [1.29, 1.82) is 0 Å². The topological polar surface area (TPSA) is 59.6 Å². The number of aliphatic imine (C=N–C) groups is 1. The Morgan fingerprint density at radius 1 is 1.36 bits per heavy atom. The molecule has 2 atom stereocenters. The summed E-state index contributed by atoms with van der Waals surface area (Å²) in [6, 6.07) is 6.01. The molecule has 122 valence electrons. The van der Waals surface area contributed by atoms with Crippen molar-refractivity contribution >= 4 is 5.96 Å². The second-order valence-electron chi connectivity index (χ2n) is 5.43. The largest absolute Gasteiger partial charge is 0.573 e. The fourth-order valence-electron chi connectivity index (χ4n) is 2.32. The summed E-state index contributed by atoms with van der Waals surface area (Å²) in [5.74, 6) is 0.809. The summed E-state index contributed by atoms with van der Waals surface area (Å²) >= 11 is 0. The van der Waals surface area contributed by atoms with E-state index in [0.29, 0.717) is 24.5 Å². The highest BCUT2D eigenvalue weighted by Crippen LogP contribution is 2.34. The maximum Gasteiger partial charge on any atom is 0.573 e. The summed E-state index contributed by atoms with van der Waals surface area (Å²) < 4.78 is 39.9. The molecule has 1 aliphatic rings. The van der Waals surface area contributed by atoms with Crippen LogP contribution in [0, 0.1) is 5.92 Å². The molecule has 3 N–H and O–H groups in total. The molecule has 0 aliphatic heterocycles. The quantitative estimate of drug-likeness (QED) is 0.626. The number of rotatable bonds is 6. The molecular weight excluding hydrogens is 295 g/mol. The van der Waals surface area contributed by atoms with Crippen LogP contribution in [0.4, 0.5) is 13.2 Å². The molecule has 0 radical (unpaired) electrons. The lowest BCUT2D eigenvalue weighted by atomic mass is 10.2. The van der Waals surface area contributed by atoms with E-state index in [0.717, 1.165) is 18.4 Å². The van der Waals surface area contributed by atoms with Crippen LogP contribution >= 0.6 is 0 Å². The number of nitrogens with two attached hydrogens (primary N) is 1. The lowest BCUT2D eigenvalue weighted by Gasteiger charge is -2.09. The van der Waals surface area contributed by atoms with Crippen molar-refractivity contribution in [2.24, 2.45) is 16.6 Å². The third-order valence-electron chi connectivity index (χ3n) is 3.50. The van der Waals surface area contributed by atoms with Crippen LogP contribution in [0.5, 0.6) is 5.75 Å². The van der Waals surface area contributed by atoms with Crippen LogP contribution in [-0.4, -0.2) is 18.4 Å². The minimum Gasteiger partial charge on any atom is -0.406 e. The Morgan fingerprint density at radius 3 is 2.64 bits per heavy atom. The zero-order valence-corrected chi connectivity index (χ0v) is 12.4. The van der Waals surface area contributed by atoms with E-state index < -0.39 is 6.36 Å². The third kappa shape index (κ3) is 5.46. The lowest BCUT2D eigenvalue weighted by Crippen LogP contribution is -2.34. The number of ether oxygens (including phenoxy) is 1. The molecular formula is C15H20F3N3O. The summed E-state index contributed by atoms with van der Waals surface area (Å²) in [5, 5.41) is 3.16. The summed E-state index contributed by atoms with van der Waals surface area (Å²) in [4.78, 5) is 4.19. The van der Waals surface area contributed by atoms with Crippen LogP contribution in [-0.2, 0) is 6.54 Å². The molecule has 0 aromatic heterocycles. The smallest absolute Gasteiger partial charge is 0.406 e. The highest BCUT2D eigenvalue weighted by Gasteiger charge is 2.36. The first-order valence-corrected chi connectivity index (χ1v) is 7.28. The number of halogens is 3. The van der Waals surface area contributed by atoms with Gasteiger partial charge < -0.3 is 15.8 Å². The molecule has 0 amide bonds. The molecule has 0 heterocycles. The number of benzene rings is 1. The Bertz CT molecular complexity index is 514. The number of guanidine groups is 1. The number of hydrogen-bond donors (Lipinski definition) is 2. The van der Waals surface area contributed by atoms with E-state index in [1.807, 2.05) is 0 Å². The predicted octanol–water partition coefficient (Wildman–Crippen LogP) is 3.18. The van der Waals surface area contributed by atoms with Crippen molar-refractivity contribution < 1.29 is 17.9 Å². The highest BCUT2D eigenvalue weighted by atomic mass is 19.4. The van der Waals surface area contributed by atoms with E-state index in [-0.39, 0.29) is 5.75 Å². The molecule has 0 bridgehead atoms. The van der Waals surface area contributed by atoms with Gasteiger partial charge in [0.1, 0.15) is 5.75 Å². The number of alkyl halides is 3. The molecule has 4 nitrogen and oxygen atoms in total. The first-order chi connectivity index (χ1) is 10.4. The average Bonchev–Trinajstić information content (AvgIpc) is 3.14. The van der Waals surface area contributed by atoms with Crippen LogP contribution in [0.15, 0.2) is 29.3 Å². The molecule has 1 saturated carbocycles. The van der Waals surface area contributed by atoms with Gasteiger partial charge in [-0.2, -0.15) is 0 Å². The van der Waals surface area contributed by atoms with E-state index in [1.165, 1.54) is 30.7 Å². The van der Waals surface area contributed by atoms with Gasteiger partial charge in [0.2, 0.25) is 0 Å². The molecule has 1 aromatic rings. The zero-order valence-electron chi connectivity index (χ0n) is 12.4. The zero-order chi connectivity index (χ0) is 16.2. The van der Waals surface area contributed by atoms with Crippen LogP contribution in [0.25, 0.3) is 0 Å². The summed E-state index contributed by atoms with van der Waals surface area (Å²) in [6.45, 7) is 2.47. The molecule has 22 heavy (non-hydrogen) atoms. The molecule has 1 fully saturated rings. The maximum absolute atomic E-state index is 12.0. The van der Waals surface area contributed by atoms with Crippen molar-refractivity contribution in [3.8, 4) is 5.75 Å². The predicted molar refractivity (Wildman–Crippen MR) is 78.4 cm³/mol. The first kappa shape index (κ1) is 16.5. The van der Waals surface area contributed by atoms with E-state index in [9.17, 15) is 13.2 Å². The van der Waals surface area contributed by atoms with Gasteiger partial charge in [0.05, 0.1) is 6.54 Å². The van der Waals surface area contributed by atoms with Gasteiger partial charge in [0.15, 0.2) is 5.96 Å². The van der Waals surface area contributed by atoms with Gasteiger partial charge in [0, 0.05) is 6.04 Å². The lowest BCUT2D eigenvalue weighted by molar-refractivity contribution is -0.274. The standard InChI is InChI=1S/C15H20F3N3O/c1-2-3-11-8-13(11)21-14(19)20-9-10-4-6-12(7-5-10)22-15(16,17)18/h4-7,11,13H,2-3,8-9H2,1H3,(H3,19,20,21). The van der Waals surface area contributed by atoms with E-state index in [1.54, 1.807) is 0 Å². The molecule has 0 saturated heterocycles. The Kier molecular flexibility index (Phi) is 5.15. The normalized spacial score (nSPS) is 21.5. The minimum absolute atomic E-state index is 0.244. The number of nitrogens with zero attached hydrogens (tertiary/aromatic N) is 1. The molecule has 1 aliphatic carbocycles. The van der Waals surface area contributed by atoms with Gasteiger partial charge in [-0.1, -0.05) is 25.5 Å². The fraction of sp³-hybridized carbons (Fsp3) is 0.533. The van der Waals surface area contributed by atoms with Crippen molar-refractivity contribution in [3.05, 3.63) is 29.8 Å². The molecule has 1 aromatic carbocycles. The maximum atomic E-state index is 12.0.